The summed E-state index contributed by atoms with van der Waals surface area (Å²) in [4.78, 5) is 38.6. The molecule has 2 heterocycles. The van der Waals surface area contributed by atoms with Gasteiger partial charge in [-0.1, -0.05) is 18.2 Å². The van der Waals surface area contributed by atoms with E-state index in [4.69, 9.17) is 5.11 Å². The van der Waals surface area contributed by atoms with E-state index in [1.807, 2.05) is 0 Å². The Morgan fingerprint density at radius 1 is 1.13 bits per heavy atom. The Hall–Kier alpha value is -2.74. The van der Waals surface area contributed by atoms with Crippen LogP contribution in [0.5, 0.6) is 0 Å². The number of piperazine rings is 1. The van der Waals surface area contributed by atoms with Crippen LogP contribution in [0.4, 0.5) is 0 Å². The zero-order valence-electron chi connectivity index (χ0n) is 12.4. The Labute approximate surface area is 131 Å². The van der Waals surface area contributed by atoms with Gasteiger partial charge in [-0.15, -0.1) is 0 Å². The van der Waals surface area contributed by atoms with Crippen molar-refractivity contribution in [3.63, 3.8) is 0 Å². The topological polar surface area (TPSA) is 107 Å². The van der Waals surface area contributed by atoms with E-state index in [-0.39, 0.29) is 23.7 Å². The number of hydrogen-bond donors (Lipinski definition) is 2. The quantitative estimate of drug-likeness (QED) is 0.810. The first-order valence-electron chi connectivity index (χ1n) is 7.27. The second kappa shape index (κ2) is 6.17. The number of nitrogens with zero attached hydrogens (tertiary/aromatic N) is 3. The van der Waals surface area contributed by atoms with Crippen molar-refractivity contribution in [2.75, 3.05) is 32.7 Å². The van der Waals surface area contributed by atoms with Crippen molar-refractivity contribution >= 4 is 22.6 Å². The van der Waals surface area contributed by atoms with Crippen molar-refractivity contribution in [1.29, 1.82) is 0 Å². The maximum atomic E-state index is 12.7. The second-order valence-corrected chi connectivity index (χ2v) is 5.41. The number of aliphatic carboxylic acids is 1. The minimum atomic E-state index is -0.877. The Morgan fingerprint density at radius 3 is 2.43 bits per heavy atom. The summed E-state index contributed by atoms with van der Waals surface area (Å²) in [5, 5.41) is 16.0. The van der Waals surface area contributed by atoms with Gasteiger partial charge < -0.3 is 10.0 Å². The second-order valence-electron chi connectivity index (χ2n) is 5.41. The van der Waals surface area contributed by atoms with Crippen molar-refractivity contribution in [2.24, 2.45) is 0 Å². The fraction of sp³-hybridized carbons (Fsp3) is 0.333. The number of H-pyrrole nitrogens is 1. The predicted molar refractivity (Wildman–Crippen MR) is 82.3 cm³/mol. The molecule has 2 aromatic rings. The fourth-order valence-electron chi connectivity index (χ4n) is 2.73. The third-order valence-electron chi connectivity index (χ3n) is 3.92. The summed E-state index contributed by atoms with van der Waals surface area (Å²) in [5.41, 5.74) is -0.115. The molecule has 0 saturated carbocycles. The van der Waals surface area contributed by atoms with Crippen LogP contribution in [0.25, 0.3) is 10.8 Å². The monoisotopic (exact) mass is 316 g/mol. The molecule has 0 bridgehead atoms. The summed E-state index contributed by atoms with van der Waals surface area (Å²) in [7, 11) is 0. The third-order valence-corrected chi connectivity index (χ3v) is 3.92. The third kappa shape index (κ3) is 3.07. The molecule has 23 heavy (non-hydrogen) atoms. The highest BCUT2D eigenvalue weighted by atomic mass is 16.4. The molecule has 8 heteroatoms. The van der Waals surface area contributed by atoms with Crippen molar-refractivity contribution in [3.8, 4) is 0 Å². The Balaban J connectivity index is 1.81. The number of amides is 1. The van der Waals surface area contributed by atoms with Crippen molar-refractivity contribution < 1.29 is 14.7 Å². The molecule has 0 atom stereocenters. The normalized spacial score (nSPS) is 15.7. The van der Waals surface area contributed by atoms with Crippen molar-refractivity contribution in [1.82, 2.24) is 20.0 Å². The van der Waals surface area contributed by atoms with Gasteiger partial charge >= 0.3 is 5.97 Å². The standard InChI is InChI=1S/C15H16N4O4/c20-12(21)9-18-5-7-19(8-6-18)15(23)13-10-3-1-2-4-11(10)14(22)17-16-13/h1-4H,5-9H2,(H,17,22)(H,20,21). The average molecular weight is 316 g/mol. The number of rotatable bonds is 3. The number of carbonyl (C=O) groups is 2. The number of carboxylic acids is 1. The van der Waals surface area contributed by atoms with E-state index >= 15 is 0 Å². The molecule has 1 aliphatic rings. The Kier molecular flexibility index (Phi) is 4.07. The van der Waals surface area contributed by atoms with Gasteiger partial charge in [-0.2, -0.15) is 5.10 Å². The van der Waals surface area contributed by atoms with Gasteiger partial charge in [0.15, 0.2) is 5.69 Å². The molecular weight excluding hydrogens is 300 g/mol. The van der Waals surface area contributed by atoms with Crippen LogP contribution in [-0.4, -0.2) is 69.7 Å². The van der Waals surface area contributed by atoms with Gasteiger partial charge in [-0.25, -0.2) is 5.10 Å². The van der Waals surface area contributed by atoms with Gasteiger partial charge in [-0.05, 0) is 6.07 Å². The van der Waals surface area contributed by atoms with Gasteiger partial charge in [0.1, 0.15) is 0 Å². The number of benzene rings is 1. The lowest BCUT2D eigenvalue weighted by atomic mass is 10.1. The van der Waals surface area contributed by atoms with Gasteiger partial charge in [0.2, 0.25) is 0 Å². The van der Waals surface area contributed by atoms with Gasteiger partial charge in [0.25, 0.3) is 11.5 Å². The molecule has 2 N–H and O–H groups in total. The number of hydrogen-bond acceptors (Lipinski definition) is 5. The number of carbonyl (C=O) groups excluding carboxylic acids is 1. The maximum absolute atomic E-state index is 12.7. The van der Waals surface area contributed by atoms with Gasteiger partial charge in [0.05, 0.1) is 11.9 Å². The van der Waals surface area contributed by atoms with Crippen LogP contribution in [0, 0.1) is 0 Å². The highest BCUT2D eigenvalue weighted by Gasteiger charge is 2.25. The first kappa shape index (κ1) is 15.2. The summed E-state index contributed by atoms with van der Waals surface area (Å²) in [6, 6.07) is 6.84. The molecule has 1 saturated heterocycles. The fourth-order valence-corrected chi connectivity index (χ4v) is 2.73. The first-order valence-corrected chi connectivity index (χ1v) is 7.27. The lowest BCUT2D eigenvalue weighted by Gasteiger charge is -2.33. The number of fused-ring (bicyclic) bond motifs is 1. The zero-order valence-corrected chi connectivity index (χ0v) is 12.4. The number of aromatic nitrogens is 2. The van der Waals surface area contributed by atoms with Gasteiger partial charge in [-0.3, -0.25) is 19.3 Å². The minimum Gasteiger partial charge on any atom is -0.480 e. The smallest absolute Gasteiger partial charge is 0.317 e. The highest BCUT2D eigenvalue weighted by molar-refractivity contribution is 6.04. The maximum Gasteiger partial charge on any atom is 0.317 e. The molecule has 0 unspecified atom stereocenters. The zero-order chi connectivity index (χ0) is 16.4. The molecule has 1 aromatic carbocycles. The molecule has 8 nitrogen and oxygen atoms in total. The lowest BCUT2D eigenvalue weighted by molar-refractivity contribution is -0.138. The Bertz CT molecular complexity index is 808. The van der Waals surface area contributed by atoms with Crippen LogP contribution in [0.3, 0.4) is 0 Å². The van der Waals surface area contributed by atoms with E-state index in [1.54, 1.807) is 34.1 Å². The predicted octanol–water partition coefficient (Wildman–Crippen LogP) is -0.234. The molecule has 120 valence electrons. The molecule has 0 radical (unpaired) electrons. The lowest BCUT2D eigenvalue weighted by Crippen LogP contribution is -2.50. The van der Waals surface area contributed by atoms with E-state index in [0.29, 0.717) is 37.0 Å². The van der Waals surface area contributed by atoms with Crippen LogP contribution < -0.4 is 5.56 Å². The molecular formula is C15H16N4O4. The summed E-state index contributed by atoms with van der Waals surface area (Å²) >= 11 is 0. The summed E-state index contributed by atoms with van der Waals surface area (Å²) < 4.78 is 0. The number of nitrogens with one attached hydrogen (secondary N) is 1. The summed E-state index contributed by atoms with van der Waals surface area (Å²) in [5.74, 6) is -1.13. The SMILES string of the molecule is O=C(O)CN1CCN(C(=O)c2n[nH]c(=O)c3ccccc23)CC1. The molecule has 1 amide bonds. The molecule has 0 aliphatic carbocycles. The average Bonchev–Trinajstić information content (AvgIpc) is 2.55. The van der Waals surface area contributed by atoms with Crippen LogP contribution in [0.1, 0.15) is 10.5 Å². The van der Waals surface area contributed by atoms with E-state index in [1.165, 1.54) is 0 Å². The first-order chi connectivity index (χ1) is 11.1. The van der Waals surface area contributed by atoms with Crippen molar-refractivity contribution in [2.45, 2.75) is 0 Å². The van der Waals surface area contributed by atoms with Crippen LogP contribution >= 0.6 is 0 Å². The van der Waals surface area contributed by atoms with Crippen LogP contribution in [0.15, 0.2) is 29.1 Å². The molecule has 3 rings (SSSR count). The van der Waals surface area contributed by atoms with Crippen LogP contribution in [-0.2, 0) is 4.79 Å². The van der Waals surface area contributed by atoms with Gasteiger partial charge in [0, 0.05) is 31.6 Å². The van der Waals surface area contributed by atoms with Crippen molar-refractivity contribution in [3.05, 3.63) is 40.3 Å². The summed E-state index contributed by atoms with van der Waals surface area (Å²) in [6.45, 7) is 1.84. The highest BCUT2D eigenvalue weighted by Crippen LogP contribution is 2.15. The Morgan fingerprint density at radius 2 is 1.78 bits per heavy atom. The summed E-state index contributed by atoms with van der Waals surface area (Å²) in [6.07, 6.45) is 0. The molecule has 0 spiro atoms. The van der Waals surface area contributed by atoms with Crippen LogP contribution in [0.2, 0.25) is 0 Å². The van der Waals surface area contributed by atoms with E-state index in [9.17, 15) is 14.4 Å². The molecule has 1 aromatic heterocycles. The minimum absolute atomic E-state index is 0.0259. The number of carboxylic acid groups (broad SMARTS) is 1. The number of aromatic amines is 1. The molecule has 1 aliphatic heterocycles. The van der Waals surface area contributed by atoms with E-state index in [0.717, 1.165) is 0 Å². The van der Waals surface area contributed by atoms with E-state index in [2.05, 4.69) is 10.2 Å². The molecule has 1 fully saturated rings. The van der Waals surface area contributed by atoms with E-state index < -0.39 is 5.97 Å². The largest absolute Gasteiger partial charge is 0.480 e.